The van der Waals surface area contributed by atoms with Crippen molar-refractivity contribution < 1.29 is 37.8 Å². The van der Waals surface area contributed by atoms with Gasteiger partial charge in [-0.25, -0.2) is 14.4 Å². The summed E-state index contributed by atoms with van der Waals surface area (Å²) in [6.07, 6.45) is 0.270. The molecule has 0 aliphatic rings. The predicted molar refractivity (Wildman–Crippen MR) is 159 cm³/mol. The fraction of sp³-hybridized carbons (Fsp3) is 0.710. The minimum absolute atomic E-state index is 0.144. The first-order valence-corrected chi connectivity index (χ1v) is 14.5. The van der Waals surface area contributed by atoms with E-state index in [-0.39, 0.29) is 12.5 Å². The standard InChI is InChI=1S/C31H53N3O7/c1-29(2,3)39-26(35)23-34(19-13-17-32-27(36)40-30(4,5)6,20-14-18-33-28(37)41-31(7,8)9)21-22-38-24-25-15-11-10-12-16-25/h10-12,15-16H,13-14,17-24H2,1-9H3,(H-,32,33,36,37)/p+1. The van der Waals surface area contributed by atoms with Crippen molar-refractivity contribution in [2.24, 2.45) is 0 Å². The third-order valence-corrected chi connectivity index (χ3v) is 5.66. The van der Waals surface area contributed by atoms with E-state index in [2.05, 4.69) is 10.6 Å². The molecule has 0 unspecified atom stereocenters. The Hall–Kier alpha value is -2.85. The van der Waals surface area contributed by atoms with E-state index in [9.17, 15) is 14.4 Å². The molecule has 10 nitrogen and oxygen atoms in total. The van der Waals surface area contributed by atoms with Gasteiger partial charge in [-0.2, -0.15) is 0 Å². The highest BCUT2D eigenvalue weighted by Gasteiger charge is 2.33. The number of carbonyl (C=O) groups is 3. The molecule has 234 valence electrons. The van der Waals surface area contributed by atoms with Crippen LogP contribution >= 0.6 is 0 Å². The normalized spacial score (nSPS) is 12.4. The number of quaternary nitrogens is 1. The molecule has 0 aliphatic carbocycles. The fourth-order valence-corrected chi connectivity index (χ4v) is 4.08. The molecule has 0 spiro atoms. The summed E-state index contributed by atoms with van der Waals surface area (Å²) >= 11 is 0. The van der Waals surface area contributed by atoms with Crippen molar-refractivity contribution in [1.82, 2.24) is 10.6 Å². The second-order valence-corrected chi connectivity index (χ2v) is 13.4. The lowest BCUT2D eigenvalue weighted by molar-refractivity contribution is -0.922. The highest BCUT2D eigenvalue weighted by atomic mass is 16.6. The molecule has 0 fully saturated rings. The van der Waals surface area contributed by atoms with E-state index < -0.39 is 29.0 Å². The lowest BCUT2D eigenvalue weighted by Gasteiger charge is -2.38. The summed E-state index contributed by atoms with van der Waals surface area (Å²) in [5.74, 6) is -0.305. The van der Waals surface area contributed by atoms with Gasteiger partial charge in [0.25, 0.3) is 0 Å². The summed E-state index contributed by atoms with van der Waals surface area (Å²) in [6, 6.07) is 9.91. The van der Waals surface area contributed by atoms with Crippen molar-refractivity contribution in [2.75, 3.05) is 45.9 Å². The average Bonchev–Trinajstić information content (AvgIpc) is 2.79. The number of nitrogens with one attached hydrogen (secondary N) is 2. The van der Waals surface area contributed by atoms with Crippen LogP contribution < -0.4 is 10.6 Å². The molecular weight excluding hydrogens is 526 g/mol. The third kappa shape index (κ3) is 19.0. The highest BCUT2D eigenvalue weighted by molar-refractivity contribution is 5.71. The fourth-order valence-electron chi connectivity index (χ4n) is 4.08. The van der Waals surface area contributed by atoms with Gasteiger partial charge in [-0.1, -0.05) is 30.3 Å². The van der Waals surface area contributed by atoms with Gasteiger partial charge >= 0.3 is 18.2 Å². The van der Waals surface area contributed by atoms with Crippen LogP contribution in [0.25, 0.3) is 0 Å². The topological polar surface area (TPSA) is 112 Å². The zero-order chi connectivity index (χ0) is 31.2. The van der Waals surface area contributed by atoms with Gasteiger partial charge in [0.05, 0.1) is 26.3 Å². The summed E-state index contributed by atoms with van der Waals surface area (Å²) < 4.78 is 22.8. The number of benzene rings is 1. The predicted octanol–water partition coefficient (Wildman–Crippen LogP) is 5.19. The number of nitrogens with zero attached hydrogens (tertiary/aromatic N) is 1. The number of alkyl carbamates (subject to hydrolysis) is 2. The van der Waals surface area contributed by atoms with Gasteiger partial charge in [-0.3, -0.25) is 0 Å². The van der Waals surface area contributed by atoms with Crippen LogP contribution in [0.2, 0.25) is 0 Å². The van der Waals surface area contributed by atoms with Gasteiger partial charge < -0.3 is 34.1 Å². The largest absolute Gasteiger partial charge is 0.456 e. The van der Waals surface area contributed by atoms with Crippen LogP contribution in [0.5, 0.6) is 0 Å². The number of rotatable bonds is 15. The Balaban J connectivity index is 2.95. The van der Waals surface area contributed by atoms with E-state index in [1.807, 2.05) is 92.6 Å². The first kappa shape index (κ1) is 36.2. The monoisotopic (exact) mass is 580 g/mol. The molecule has 0 aromatic heterocycles. The SMILES string of the molecule is CC(C)(C)OC(=O)C[N+](CCCNC(=O)OC(C)(C)C)(CCCNC(=O)OC(C)(C)C)CCOCc1ccccc1. The third-order valence-electron chi connectivity index (χ3n) is 5.66. The molecule has 0 aliphatic heterocycles. The number of hydrogen-bond donors (Lipinski definition) is 2. The van der Waals surface area contributed by atoms with Crippen molar-refractivity contribution in [3.05, 3.63) is 35.9 Å². The van der Waals surface area contributed by atoms with E-state index in [0.717, 1.165) is 5.56 Å². The average molecular weight is 581 g/mol. The highest BCUT2D eigenvalue weighted by Crippen LogP contribution is 2.15. The summed E-state index contributed by atoms with van der Waals surface area (Å²) in [6.45, 7) is 20.0. The van der Waals surface area contributed by atoms with Gasteiger partial charge in [0, 0.05) is 25.9 Å². The minimum Gasteiger partial charge on any atom is -0.456 e. The Morgan fingerprint density at radius 2 is 1.15 bits per heavy atom. The Morgan fingerprint density at radius 3 is 1.59 bits per heavy atom. The van der Waals surface area contributed by atoms with Crippen LogP contribution in [-0.4, -0.2) is 85.3 Å². The first-order chi connectivity index (χ1) is 18.9. The summed E-state index contributed by atoms with van der Waals surface area (Å²) in [5.41, 5.74) is -0.719. The molecule has 0 atom stereocenters. The van der Waals surface area contributed by atoms with Crippen molar-refractivity contribution in [3.63, 3.8) is 0 Å². The molecule has 1 rings (SSSR count). The summed E-state index contributed by atoms with van der Waals surface area (Å²) in [7, 11) is 0. The second-order valence-electron chi connectivity index (χ2n) is 13.4. The van der Waals surface area contributed by atoms with Crippen LogP contribution in [-0.2, 0) is 30.3 Å². The van der Waals surface area contributed by atoms with Crippen molar-refractivity contribution in [3.8, 4) is 0 Å². The number of amides is 2. The molecule has 41 heavy (non-hydrogen) atoms. The van der Waals surface area contributed by atoms with Gasteiger partial charge in [0.1, 0.15) is 23.3 Å². The Morgan fingerprint density at radius 1 is 0.683 bits per heavy atom. The maximum absolute atomic E-state index is 13.1. The molecule has 0 saturated carbocycles. The van der Waals surface area contributed by atoms with Crippen LogP contribution in [0.1, 0.15) is 80.7 Å². The summed E-state index contributed by atoms with van der Waals surface area (Å²) in [5, 5.41) is 5.61. The van der Waals surface area contributed by atoms with E-state index in [0.29, 0.717) is 63.3 Å². The molecular formula is C31H54N3O7+. The lowest BCUT2D eigenvalue weighted by atomic mass is 10.2. The second kappa shape index (κ2) is 16.6. The molecule has 0 bridgehead atoms. The molecule has 0 saturated heterocycles. The molecule has 2 N–H and O–H groups in total. The van der Waals surface area contributed by atoms with Crippen molar-refractivity contribution in [1.29, 1.82) is 0 Å². The lowest BCUT2D eigenvalue weighted by Crippen LogP contribution is -2.56. The minimum atomic E-state index is -0.618. The molecule has 10 heteroatoms. The molecule has 1 aromatic rings. The zero-order valence-electron chi connectivity index (χ0n) is 26.8. The van der Waals surface area contributed by atoms with Crippen molar-refractivity contribution in [2.45, 2.75) is 98.6 Å². The van der Waals surface area contributed by atoms with E-state index in [4.69, 9.17) is 18.9 Å². The molecule has 2 amide bonds. The quantitative estimate of drug-likeness (QED) is 0.127. The smallest absolute Gasteiger partial charge is 0.407 e. The van der Waals surface area contributed by atoms with Crippen LogP contribution in [0, 0.1) is 0 Å². The first-order valence-electron chi connectivity index (χ1n) is 14.5. The number of esters is 1. The van der Waals surface area contributed by atoms with Crippen LogP contribution in [0.4, 0.5) is 9.59 Å². The number of carbonyl (C=O) groups excluding carboxylic acids is 3. The van der Waals surface area contributed by atoms with Crippen LogP contribution in [0.3, 0.4) is 0 Å². The molecule has 0 radical (unpaired) electrons. The van der Waals surface area contributed by atoms with Crippen LogP contribution in [0.15, 0.2) is 30.3 Å². The maximum atomic E-state index is 13.1. The van der Waals surface area contributed by atoms with Gasteiger partial charge in [0.2, 0.25) is 0 Å². The Bertz CT molecular complexity index is 896. The Labute approximate surface area is 247 Å². The molecule has 0 heterocycles. The van der Waals surface area contributed by atoms with E-state index in [1.54, 1.807) is 0 Å². The number of ether oxygens (including phenoxy) is 4. The zero-order valence-corrected chi connectivity index (χ0v) is 26.8. The van der Waals surface area contributed by atoms with E-state index >= 15 is 0 Å². The van der Waals surface area contributed by atoms with E-state index in [1.165, 1.54) is 0 Å². The summed E-state index contributed by atoms with van der Waals surface area (Å²) in [4.78, 5) is 37.4. The maximum Gasteiger partial charge on any atom is 0.407 e. The van der Waals surface area contributed by atoms with Crippen molar-refractivity contribution >= 4 is 18.2 Å². The Kier molecular flexibility index (Phi) is 14.6. The van der Waals surface area contributed by atoms with Gasteiger partial charge in [-0.05, 0) is 67.9 Å². The van der Waals surface area contributed by atoms with Gasteiger partial charge in [0.15, 0.2) is 6.54 Å². The van der Waals surface area contributed by atoms with Gasteiger partial charge in [-0.15, -0.1) is 0 Å². The molecule has 1 aromatic carbocycles. The number of hydrogen-bond acceptors (Lipinski definition) is 7.